The predicted octanol–water partition coefficient (Wildman–Crippen LogP) is 3.98. The van der Waals surface area contributed by atoms with Crippen molar-refractivity contribution in [1.29, 1.82) is 0 Å². The molecule has 1 atom stereocenters. The quantitative estimate of drug-likeness (QED) is 0.545. The van der Waals surface area contributed by atoms with Crippen molar-refractivity contribution in [3.05, 3.63) is 72.2 Å². The Balaban J connectivity index is 1.70. The number of amides is 2. The molecule has 1 aliphatic heterocycles. The summed E-state index contributed by atoms with van der Waals surface area (Å²) in [7, 11) is 0. The van der Waals surface area contributed by atoms with Crippen LogP contribution in [0.25, 0.3) is 11.1 Å². The van der Waals surface area contributed by atoms with Crippen LogP contribution in [0, 0.1) is 11.8 Å². The first-order chi connectivity index (χ1) is 16.1. The molecule has 3 heterocycles. The molecule has 0 fully saturated rings. The number of aliphatic hydroxyl groups is 1. The van der Waals surface area contributed by atoms with Gasteiger partial charge < -0.3 is 10.4 Å². The van der Waals surface area contributed by atoms with Crippen molar-refractivity contribution in [2.75, 3.05) is 11.4 Å². The number of anilines is 2. The zero-order valence-electron chi connectivity index (χ0n) is 19.9. The highest BCUT2D eigenvalue weighted by Gasteiger charge is 2.39. The van der Waals surface area contributed by atoms with E-state index in [-0.39, 0.29) is 11.8 Å². The summed E-state index contributed by atoms with van der Waals surface area (Å²) in [6.07, 6.45) is 3.69. The van der Waals surface area contributed by atoms with Gasteiger partial charge in [0, 0.05) is 24.5 Å². The van der Waals surface area contributed by atoms with Crippen LogP contribution in [-0.2, 0) is 21.6 Å². The van der Waals surface area contributed by atoms with Crippen LogP contribution in [0.3, 0.4) is 0 Å². The standard InChI is InChI=1S/C27H30N4O3/c1-17(2)15-30-25(32)22-14-19-8-6-12-28-24(19)31(26(22)33)21-9-5-7-18(13-21)20-10-11-23(29-16-20)27(3,4)34/h5-13,16-17,22,34H,14-15H2,1-4H3,(H,30,32). The van der Waals surface area contributed by atoms with Crippen LogP contribution in [0.4, 0.5) is 11.5 Å². The van der Waals surface area contributed by atoms with Crippen molar-refractivity contribution in [3.8, 4) is 11.1 Å². The van der Waals surface area contributed by atoms with E-state index < -0.39 is 11.5 Å². The van der Waals surface area contributed by atoms with Gasteiger partial charge in [-0.15, -0.1) is 0 Å². The van der Waals surface area contributed by atoms with E-state index in [4.69, 9.17) is 0 Å². The zero-order valence-corrected chi connectivity index (χ0v) is 19.9. The van der Waals surface area contributed by atoms with Gasteiger partial charge in [0.1, 0.15) is 17.3 Å². The van der Waals surface area contributed by atoms with E-state index in [0.717, 1.165) is 16.7 Å². The zero-order chi connectivity index (χ0) is 24.5. The van der Waals surface area contributed by atoms with Gasteiger partial charge in [-0.1, -0.05) is 38.1 Å². The molecule has 176 valence electrons. The molecule has 1 aliphatic rings. The first-order valence-corrected chi connectivity index (χ1v) is 11.5. The summed E-state index contributed by atoms with van der Waals surface area (Å²) < 4.78 is 0. The number of rotatable bonds is 6. The minimum atomic E-state index is -1.03. The highest BCUT2D eigenvalue weighted by molar-refractivity contribution is 6.13. The van der Waals surface area contributed by atoms with E-state index in [0.29, 0.717) is 36.1 Å². The monoisotopic (exact) mass is 458 g/mol. The lowest BCUT2D eigenvalue weighted by atomic mass is 9.92. The lowest BCUT2D eigenvalue weighted by Gasteiger charge is -2.32. The summed E-state index contributed by atoms with van der Waals surface area (Å²) >= 11 is 0. The van der Waals surface area contributed by atoms with Crippen LogP contribution in [0.15, 0.2) is 60.9 Å². The van der Waals surface area contributed by atoms with E-state index in [1.165, 1.54) is 0 Å². The van der Waals surface area contributed by atoms with Crippen molar-refractivity contribution in [3.63, 3.8) is 0 Å². The molecule has 1 aromatic carbocycles. The Hall–Kier alpha value is -3.58. The third kappa shape index (κ3) is 4.84. The van der Waals surface area contributed by atoms with E-state index in [2.05, 4.69) is 15.3 Å². The fraction of sp³-hybridized carbons (Fsp3) is 0.333. The Morgan fingerprint density at radius 3 is 2.62 bits per heavy atom. The Bertz CT molecular complexity index is 1200. The number of aromatic nitrogens is 2. The number of fused-ring (bicyclic) bond motifs is 1. The fourth-order valence-corrected chi connectivity index (χ4v) is 3.99. The Labute approximate surface area is 199 Å². The van der Waals surface area contributed by atoms with Crippen LogP contribution in [0.1, 0.15) is 39.0 Å². The average molecular weight is 459 g/mol. The summed E-state index contributed by atoms with van der Waals surface area (Å²) in [5.74, 6) is -0.526. The molecule has 0 radical (unpaired) electrons. The molecule has 0 spiro atoms. The molecular formula is C27H30N4O3. The van der Waals surface area contributed by atoms with Gasteiger partial charge in [-0.2, -0.15) is 0 Å². The molecule has 0 saturated heterocycles. The first-order valence-electron chi connectivity index (χ1n) is 11.5. The van der Waals surface area contributed by atoms with E-state index >= 15 is 0 Å². The van der Waals surface area contributed by atoms with Gasteiger partial charge in [-0.3, -0.25) is 19.5 Å². The van der Waals surface area contributed by atoms with Crippen molar-refractivity contribution < 1.29 is 14.7 Å². The number of carbonyl (C=O) groups excluding carboxylic acids is 2. The van der Waals surface area contributed by atoms with E-state index in [1.807, 2.05) is 56.3 Å². The van der Waals surface area contributed by atoms with Gasteiger partial charge in [0.15, 0.2) is 0 Å². The molecular weight excluding hydrogens is 428 g/mol. The molecule has 1 unspecified atom stereocenters. The van der Waals surface area contributed by atoms with Crippen molar-refractivity contribution in [1.82, 2.24) is 15.3 Å². The second-order valence-corrected chi connectivity index (χ2v) is 9.60. The maximum Gasteiger partial charge on any atom is 0.245 e. The highest BCUT2D eigenvalue weighted by Crippen LogP contribution is 2.36. The lowest BCUT2D eigenvalue weighted by molar-refractivity contribution is -0.133. The summed E-state index contributed by atoms with van der Waals surface area (Å²) in [5.41, 5.74) is 2.76. The lowest BCUT2D eigenvalue weighted by Crippen LogP contribution is -2.47. The number of pyridine rings is 2. The third-order valence-corrected chi connectivity index (χ3v) is 5.85. The molecule has 7 nitrogen and oxygen atoms in total. The maximum absolute atomic E-state index is 13.6. The Morgan fingerprint density at radius 2 is 1.94 bits per heavy atom. The van der Waals surface area contributed by atoms with Crippen molar-refractivity contribution in [2.24, 2.45) is 11.8 Å². The fourth-order valence-electron chi connectivity index (χ4n) is 3.99. The Kier molecular flexibility index (Phi) is 6.48. The van der Waals surface area contributed by atoms with Crippen molar-refractivity contribution in [2.45, 2.75) is 39.7 Å². The first kappa shape index (κ1) is 23.6. The number of carbonyl (C=O) groups is 2. The molecule has 4 rings (SSSR count). The summed E-state index contributed by atoms with van der Waals surface area (Å²) in [5, 5.41) is 13.1. The second kappa shape index (κ2) is 9.35. The molecule has 0 bridgehead atoms. The van der Waals surface area contributed by atoms with Gasteiger partial charge in [0.25, 0.3) is 0 Å². The van der Waals surface area contributed by atoms with Crippen LogP contribution in [0.2, 0.25) is 0 Å². The number of benzene rings is 1. The number of nitrogens with zero attached hydrogens (tertiary/aromatic N) is 3. The van der Waals surface area contributed by atoms with Crippen LogP contribution >= 0.6 is 0 Å². The number of nitrogens with one attached hydrogen (secondary N) is 1. The highest BCUT2D eigenvalue weighted by atomic mass is 16.3. The summed E-state index contributed by atoms with van der Waals surface area (Å²) in [4.78, 5) is 36.9. The van der Waals surface area contributed by atoms with Crippen LogP contribution in [-0.4, -0.2) is 33.4 Å². The van der Waals surface area contributed by atoms with E-state index in [1.54, 1.807) is 37.2 Å². The molecule has 34 heavy (non-hydrogen) atoms. The van der Waals surface area contributed by atoms with Gasteiger partial charge in [0.05, 0.1) is 11.4 Å². The Morgan fingerprint density at radius 1 is 1.15 bits per heavy atom. The maximum atomic E-state index is 13.6. The number of hydrogen-bond donors (Lipinski definition) is 2. The summed E-state index contributed by atoms with van der Waals surface area (Å²) in [6, 6.07) is 15.0. The third-order valence-electron chi connectivity index (χ3n) is 5.85. The molecule has 2 N–H and O–H groups in total. The van der Waals surface area contributed by atoms with E-state index in [9.17, 15) is 14.7 Å². The number of hydrogen-bond acceptors (Lipinski definition) is 5. The minimum Gasteiger partial charge on any atom is -0.384 e. The predicted molar refractivity (Wildman–Crippen MR) is 131 cm³/mol. The smallest absolute Gasteiger partial charge is 0.245 e. The molecule has 3 aromatic rings. The average Bonchev–Trinajstić information content (AvgIpc) is 2.81. The van der Waals surface area contributed by atoms with Gasteiger partial charge in [0.2, 0.25) is 11.8 Å². The van der Waals surface area contributed by atoms with Gasteiger partial charge in [-0.25, -0.2) is 4.98 Å². The van der Waals surface area contributed by atoms with Gasteiger partial charge in [-0.05, 0) is 61.6 Å². The minimum absolute atomic E-state index is 0.263. The van der Waals surface area contributed by atoms with Crippen LogP contribution in [0.5, 0.6) is 0 Å². The molecule has 2 aromatic heterocycles. The molecule has 0 aliphatic carbocycles. The SMILES string of the molecule is CC(C)CNC(=O)C1Cc2cccnc2N(c2cccc(-c3ccc(C(C)(C)O)nc3)c2)C1=O. The molecule has 0 saturated carbocycles. The van der Waals surface area contributed by atoms with Crippen LogP contribution < -0.4 is 10.2 Å². The molecule has 7 heteroatoms. The topological polar surface area (TPSA) is 95.4 Å². The molecule has 2 amide bonds. The largest absolute Gasteiger partial charge is 0.384 e. The normalized spacial score (nSPS) is 15.9. The van der Waals surface area contributed by atoms with Crippen molar-refractivity contribution >= 4 is 23.3 Å². The van der Waals surface area contributed by atoms with Gasteiger partial charge >= 0.3 is 0 Å². The second-order valence-electron chi connectivity index (χ2n) is 9.60. The summed E-state index contributed by atoms with van der Waals surface area (Å²) in [6.45, 7) is 7.93.